The highest BCUT2D eigenvalue weighted by Crippen LogP contribution is 2.36. The highest BCUT2D eigenvalue weighted by Gasteiger charge is 2.39. The van der Waals surface area contributed by atoms with Crippen LogP contribution in [0.1, 0.15) is 29.9 Å². The van der Waals surface area contributed by atoms with Gasteiger partial charge in [-0.15, -0.1) is 0 Å². The first kappa shape index (κ1) is 18.8. The third-order valence-corrected chi connectivity index (χ3v) is 4.98. The van der Waals surface area contributed by atoms with Gasteiger partial charge in [-0.05, 0) is 54.4 Å². The Hall–Kier alpha value is -1.54. The van der Waals surface area contributed by atoms with Crippen LogP contribution < -0.4 is 5.32 Å². The number of aromatic nitrogens is 2. The van der Waals surface area contributed by atoms with Gasteiger partial charge in [-0.1, -0.05) is 17.7 Å². The quantitative estimate of drug-likeness (QED) is 0.742. The summed E-state index contributed by atoms with van der Waals surface area (Å²) < 4.78 is 39.7. The summed E-state index contributed by atoms with van der Waals surface area (Å²) in [6.45, 7) is 4.67. The number of nitrogens with one attached hydrogen (secondary N) is 1. The van der Waals surface area contributed by atoms with Crippen LogP contribution in [0.4, 0.5) is 18.9 Å². The van der Waals surface area contributed by atoms with Crippen LogP contribution in [-0.4, -0.2) is 15.7 Å². The van der Waals surface area contributed by atoms with E-state index in [0.29, 0.717) is 16.3 Å². The maximum Gasteiger partial charge on any atom is 0.436 e. The van der Waals surface area contributed by atoms with Crippen LogP contribution in [0.15, 0.2) is 22.7 Å². The van der Waals surface area contributed by atoms with Gasteiger partial charge in [0, 0.05) is 10.7 Å². The molecule has 1 aromatic carbocycles. The molecule has 1 atom stereocenters. The molecule has 0 aliphatic carbocycles. The van der Waals surface area contributed by atoms with Crippen molar-refractivity contribution in [1.82, 2.24) is 9.78 Å². The van der Waals surface area contributed by atoms with E-state index in [4.69, 9.17) is 11.6 Å². The van der Waals surface area contributed by atoms with E-state index >= 15 is 0 Å². The highest BCUT2D eigenvalue weighted by atomic mass is 79.9. The van der Waals surface area contributed by atoms with E-state index in [0.717, 1.165) is 4.68 Å². The fraction of sp³-hybridized carbons (Fsp3) is 0.333. The number of anilines is 1. The molecule has 2 rings (SSSR count). The lowest BCUT2D eigenvalue weighted by Gasteiger charge is -2.16. The Bertz CT molecular complexity index is 789. The van der Waals surface area contributed by atoms with Gasteiger partial charge in [-0.3, -0.25) is 9.48 Å². The van der Waals surface area contributed by atoms with Gasteiger partial charge in [0.05, 0.1) is 10.2 Å². The Balaban J connectivity index is 2.30. The first-order valence-corrected chi connectivity index (χ1v) is 8.09. The summed E-state index contributed by atoms with van der Waals surface area (Å²) in [5, 5.41) is 6.69. The lowest BCUT2D eigenvalue weighted by Crippen LogP contribution is -2.26. The van der Waals surface area contributed by atoms with Gasteiger partial charge in [-0.2, -0.15) is 18.3 Å². The molecular weight excluding hydrogens is 411 g/mol. The molecule has 0 saturated carbocycles. The van der Waals surface area contributed by atoms with Gasteiger partial charge in [-0.25, -0.2) is 0 Å². The molecule has 1 N–H and O–H groups in total. The number of rotatable bonds is 3. The molecule has 0 bridgehead atoms. The molecule has 1 amide bonds. The van der Waals surface area contributed by atoms with Gasteiger partial charge in [0.25, 0.3) is 0 Å². The van der Waals surface area contributed by atoms with Crippen molar-refractivity contribution in [2.45, 2.75) is 33.0 Å². The van der Waals surface area contributed by atoms with Crippen molar-refractivity contribution in [1.29, 1.82) is 0 Å². The Labute approximate surface area is 150 Å². The molecule has 130 valence electrons. The minimum absolute atomic E-state index is 0.173. The fourth-order valence-corrected chi connectivity index (χ4v) is 2.81. The van der Waals surface area contributed by atoms with Crippen molar-refractivity contribution in [3.63, 3.8) is 0 Å². The standard InChI is InChI=1S/C15H14BrClF3N3O/c1-7-10(17)5-4-6-11(7)21-14(24)9(3)23-8(2)12(16)13(22-23)15(18,19)20/h4-6,9H,1-3H3,(H,21,24). The number of hydrogen-bond acceptors (Lipinski definition) is 2. The number of amides is 1. The Morgan fingerprint density at radius 3 is 2.54 bits per heavy atom. The molecule has 0 saturated heterocycles. The van der Waals surface area contributed by atoms with Gasteiger partial charge in [0.1, 0.15) is 6.04 Å². The van der Waals surface area contributed by atoms with E-state index in [1.54, 1.807) is 25.1 Å². The summed E-state index contributed by atoms with van der Waals surface area (Å²) in [5.41, 5.74) is 0.333. The number of carbonyl (C=O) groups is 1. The minimum Gasteiger partial charge on any atom is -0.324 e. The number of halogens is 5. The summed E-state index contributed by atoms with van der Waals surface area (Å²) in [7, 11) is 0. The molecule has 1 aromatic heterocycles. The van der Waals surface area contributed by atoms with Crippen molar-refractivity contribution < 1.29 is 18.0 Å². The summed E-state index contributed by atoms with van der Waals surface area (Å²) in [6.07, 6.45) is -4.60. The van der Waals surface area contributed by atoms with E-state index < -0.39 is 23.8 Å². The molecule has 0 radical (unpaired) electrons. The van der Waals surface area contributed by atoms with Crippen molar-refractivity contribution in [3.05, 3.63) is 44.6 Å². The predicted molar refractivity (Wildman–Crippen MR) is 89.2 cm³/mol. The maximum atomic E-state index is 12.9. The molecule has 1 heterocycles. The first-order valence-electron chi connectivity index (χ1n) is 6.91. The first-order chi connectivity index (χ1) is 11.0. The molecule has 0 spiro atoms. The highest BCUT2D eigenvalue weighted by molar-refractivity contribution is 9.10. The number of alkyl halides is 3. The van der Waals surface area contributed by atoms with Gasteiger partial charge in [0.15, 0.2) is 5.69 Å². The van der Waals surface area contributed by atoms with E-state index in [2.05, 4.69) is 26.3 Å². The average molecular weight is 425 g/mol. The predicted octanol–water partition coefficient (Wildman–Crippen LogP) is 5.13. The number of benzene rings is 1. The number of carbonyl (C=O) groups excluding carboxylic acids is 1. The zero-order chi connectivity index (χ0) is 18.2. The Kier molecular flexibility index (Phi) is 5.29. The summed E-state index contributed by atoms with van der Waals surface area (Å²) in [5.74, 6) is -0.493. The summed E-state index contributed by atoms with van der Waals surface area (Å²) >= 11 is 8.88. The molecule has 0 fully saturated rings. The lowest BCUT2D eigenvalue weighted by atomic mass is 10.2. The smallest absolute Gasteiger partial charge is 0.324 e. The molecular formula is C15H14BrClF3N3O. The van der Waals surface area contributed by atoms with Crippen LogP contribution in [0.5, 0.6) is 0 Å². The average Bonchev–Trinajstić information content (AvgIpc) is 2.79. The number of nitrogens with zero attached hydrogens (tertiary/aromatic N) is 2. The second kappa shape index (κ2) is 6.76. The SMILES string of the molecule is Cc1c(Cl)cccc1NC(=O)C(C)n1nc(C(F)(F)F)c(Br)c1C. The second-order valence-electron chi connectivity index (χ2n) is 5.27. The van der Waals surface area contributed by atoms with Gasteiger partial charge >= 0.3 is 6.18 Å². The van der Waals surface area contributed by atoms with Crippen LogP contribution in [-0.2, 0) is 11.0 Å². The molecule has 0 aliphatic rings. The topological polar surface area (TPSA) is 46.9 Å². The Morgan fingerprint density at radius 1 is 1.38 bits per heavy atom. The van der Waals surface area contributed by atoms with E-state index in [-0.39, 0.29) is 10.2 Å². The van der Waals surface area contributed by atoms with E-state index in [1.807, 2.05) is 0 Å². The fourth-order valence-electron chi connectivity index (χ4n) is 2.15. The molecule has 1 unspecified atom stereocenters. The zero-order valence-corrected chi connectivity index (χ0v) is 15.3. The van der Waals surface area contributed by atoms with Crippen LogP contribution >= 0.6 is 27.5 Å². The van der Waals surface area contributed by atoms with Crippen molar-refractivity contribution >= 4 is 39.1 Å². The largest absolute Gasteiger partial charge is 0.436 e. The van der Waals surface area contributed by atoms with Crippen molar-refractivity contribution in [2.24, 2.45) is 0 Å². The molecule has 2 aromatic rings. The third-order valence-electron chi connectivity index (χ3n) is 3.62. The molecule has 24 heavy (non-hydrogen) atoms. The zero-order valence-electron chi connectivity index (χ0n) is 13.0. The van der Waals surface area contributed by atoms with Crippen molar-refractivity contribution in [2.75, 3.05) is 5.32 Å². The van der Waals surface area contributed by atoms with Crippen LogP contribution in [0.3, 0.4) is 0 Å². The normalized spacial score (nSPS) is 13.0. The van der Waals surface area contributed by atoms with Crippen LogP contribution in [0.25, 0.3) is 0 Å². The monoisotopic (exact) mass is 423 g/mol. The Morgan fingerprint density at radius 2 is 2.00 bits per heavy atom. The van der Waals surface area contributed by atoms with E-state index in [9.17, 15) is 18.0 Å². The minimum atomic E-state index is -4.60. The van der Waals surface area contributed by atoms with Crippen LogP contribution in [0, 0.1) is 13.8 Å². The molecule has 0 aliphatic heterocycles. The van der Waals surface area contributed by atoms with Gasteiger partial charge < -0.3 is 5.32 Å². The molecule has 9 heteroatoms. The lowest BCUT2D eigenvalue weighted by molar-refractivity contribution is -0.142. The van der Waals surface area contributed by atoms with Gasteiger partial charge in [0.2, 0.25) is 5.91 Å². The van der Waals surface area contributed by atoms with Crippen molar-refractivity contribution in [3.8, 4) is 0 Å². The number of hydrogen-bond donors (Lipinski definition) is 1. The molecule has 4 nitrogen and oxygen atoms in total. The second-order valence-corrected chi connectivity index (χ2v) is 6.47. The maximum absolute atomic E-state index is 12.9. The van der Waals surface area contributed by atoms with E-state index in [1.165, 1.54) is 13.8 Å². The summed E-state index contributed by atoms with van der Waals surface area (Å²) in [4.78, 5) is 12.4. The van der Waals surface area contributed by atoms with Crippen LogP contribution in [0.2, 0.25) is 5.02 Å². The third kappa shape index (κ3) is 3.59. The summed E-state index contributed by atoms with van der Waals surface area (Å²) in [6, 6.07) is 4.09.